The third kappa shape index (κ3) is 4.88. The number of hydrogen-bond acceptors (Lipinski definition) is 5. The van der Waals surface area contributed by atoms with Gasteiger partial charge in [-0.3, -0.25) is 0 Å². The number of aliphatic hydroxyl groups is 1. The molecule has 1 atom stereocenters. The van der Waals surface area contributed by atoms with Crippen LogP contribution in [0.1, 0.15) is 22.6 Å². The van der Waals surface area contributed by atoms with Gasteiger partial charge >= 0.3 is 0 Å². The summed E-state index contributed by atoms with van der Waals surface area (Å²) in [5.74, 6) is 1.60. The van der Waals surface area contributed by atoms with E-state index >= 15 is 0 Å². The van der Waals surface area contributed by atoms with Crippen LogP contribution in [0.4, 0.5) is 0 Å². The Kier molecular flexibility index (Phi) is 5.36. The maximum Gasteiger partial charge on any atom is 0.133 e. The van der Waals surface area contributed by atoms with E-state index in [1.807, 2.05) is 45.0 Å². The Morgan fingerprint density at radius 3 is 2.81 bits per heavy atom. The van der Waals surface area contributed by atoms with Gasteiger partial charge in [0.05, 0.1) is 5.69 Å². The second-order valence-electron chi connectivity index (χ2n) is 5.29. The monoisotopic (exact) mass is 290 g/mol. The topological polar surface area (TPSA) is 67.5 Å². The highest BCUT2D eigenvalue weighted by Crippen LogP contribution is 2.19. The molecule has 5 nitrogen and oxygen atoms in total. The van der Waals surface area contributed by atoms with Crippen LogP contribution in [0.2, 0.25) is 0 Å². The van der Waals surface area contributed by atoms with E-state index in [2.05, 4.69) is 10.5 Å². The van der Waals surface area contributed by atoms with Gasteiger partial charge in [-0.05, 0) is 38.0 Å². The average Bonchev–Trinajstić information content (AvgIpc) is 2.85. The molecule has 114 valence electrons. The van der Waals surface area contributed by atoms with Crippen molar-refractivity contribution in [2.45, 2.75) is 33.4 Å². The average molecular weight is 290 g/mol. The predicted octanol–water partition coefficient (Wildman–Crippen LogP) is 2.13. The summed E-state index contributed by atoms with van der Waals surface area (Å²) in [6.45, 7) is 7.13. The molecule has 2 rings (SSSR count). The summed E-state index contributed by atoms with van der Waals surface area (Å²) in [6, 6.07) is 7.90. The number of rotatable bonds is 7. The van der Waals surface area contributed by atoms with Crippen molar-refractivity contribution >= 4 is 0 Å². The van der Waals surface area contributed by atoms with Gasteiger partial charge in [-0.2, -0.15) is 0 Å². The smallest absolute Gasteiger partial charge is 0.133 e. The molecular formula is C16H22N2O3. The van der Waals surface area contributed by atoms with Gasteiger partial charge in [0.15, 0.2) is 0 Å². The number of aromatic nitrogens is 1. The normalized spacial score (nSPS) is 12.4. The zero-order valence-electron chi connectivity index (χ0n) is 12.7. The Labute approximate surface area is 124 Å². The van der Waals surface area contributed by atoms with Gasteiger partial charge in [0.2, 0.25) is 0 Å². The van der Waals surface area contributed by atoms with Crippen LogP contribution in [0, 0.1) is 20.8 Å². The van der Waals surface area contributed by atoms with E-state index in [-0.39, 0.29) is 6.61 Å². The molecular weight excluding hydrogens is 268 g/mol. The summed E-state index contributed by atoms with van der Waals surface area (Å²) in [5, 5.41) is 16.9. The SMILES string of the molecule is Cc1ccc(C)c(OCC(O)CNCc2cc(C)on2)c1. The third-order valence-corrected chi connectivity index (χ3v) is 3.14. The maximum atomic E-state index is 9.92. The summed E-state index contributed by atoms with van der Waals surface area (Å²) in [7, 11) is 0. The number of ether oxygens (including phenoxy) is 1. The molecule has 0 aliphatic heterocycles. The highest BCUT2D eigenvalue weighted by molar-refractivity contribution is 5.35. The van der Waals surface area contributed by atoms with E-state index in [0.29, 0.717) is 13.1 Å². The van der Waals surface area contributed by atoms with Gasteiger partial charge in [-0.25, -0.2) is 0 Å². The first-order valence-electron chi connectivity index (χ1n) is 7.05. The van der Waals surface area contributed by atoms with Crippen molar-refractivity contribution in [3.63, 3.8) is 0 Å². The van der Waals surface area contributed by atoms with Crippen molar-refractivity contribution in [3.05, 3.63) is 46.8 Å². The molecule has 21 heavy (non-hydrogen) atoms. The van der Waals surface area contributed by atoms with Gasteiger partial charge in [-0.15, -0.1) is 0 Å². The largest absolute Gasteiger partial charge is 0.491 e. The first-order chi connectivity index (χ1) is 10.0. The van der Waals surface area contributed by atoms with Crippen LogP contribution in [0.5, 0.6) is 5.75 Å². The van der Waals surface area contributed by atoms with E-state index in [1.165, 1.54) is 0 Å². The molecule has 1 aromatic heterocycles. The summed E-state index contributed by atoms with van der Waals surface area (Å²) in [5.41, 5.74) is 3.04. The number of hydrogen-bond donors (Lipinski definition) is 2. The molecule has 0 fully saturated rings. The molecule has 0 radical (unpaired) electrons. The molecule has 0 saturated heterocycles. The number of nitrogens with zero attached hydrogens (tertiary/aromatic N) is 1. The van der Waals surface area contributed by atoms with Crippen LogP contribution < -0.4 is 10.1 Å². The molecule has 1 heterocycles. The van der Waals surface area contributed by atoms with Gasteiger partial charge in [0.1, 0.15) is 24.2 Å². The van der Waals surface area contributed by atoms with Crippen molar-refractivity contribution in [2.24, 2.45) is 0 Å². The Balaban J connectivity index is 1.72. The lowest BCUT2D eigenvalue weighted by molar-refractivity contribution is 0.105. The molecule has 5 heteroatoms. The van der Waals surface area contributed by atoms with E-state index in [9.17, 15) is 5.11 Å². The van der Waals surface area contributed by atoms with Gasteiger partial charge in [0, 0.05) is 19.2 Å². The first kappa shape index (κ1) is 15.5. The number of aliphatic hydroxyl groups excluding tert-OH is 1. The van der Waals surface area contributed by atoms with Crippen molar-refractivity contribution < 1.29 is 14.4 Å². The zero-order chi connectivity index (χ0) is 15.2. The fraction of sp³-hybridized carbons (Fsp3) is 0.438. The molecule has 0 aliphatic carbocycles. The minimum atomic E-state index is -0.571. The standard InChI is InChI=1S/C16H22N2O3/c1-11-4-5-12(2)16(6-11)20-10-15(19)9-17-8-14-7-13(3)21-18-14/h4-7,15,17,19H,8-10H2,1-3H3. The first-order valence-corrected chi connectivity index (χ1v) is 7.05. The van der Waals surface area contributed by atoms with E-state index in [0.717, 1.165) is 28.3 Å². The minimum absolute atomic E-state index is 0.259. The highest BCUT2D eigenvalue weighted by atomic mass is 16.5. The Hall–Kier alpha value is -1.85. The Morgan fingerprint density at radius 2 is 2.10 bits per heavy atom. The summed E-state index contributed by atoms with van der Waals surface area (Å²) in [4.78, 5) is 0. The number of aryl methyl sites for hydroxylation is 3. The van der Waals surface area contributed by atoms with E-state index < -0.39 is 6.10 Å². The van der Waals surface area contributed by atoms with Crippen molar-refractivity contribution in [1.82, 2.24) is 10.5 Å². The number of nitrogens with one attached hydrogen (secondary N) is 1. The molecule has 0 aliphatic rings. The van der Waals surface area contributed by atoms with Gasteiger partial charge < -0.3 is 19.7 Å². The Bertz CT molecular complexity index is 581. The fourth-order valence-corrected chi connectivity index (χ4v) is 1.98. The van der Waals surface area contributed by atoms with Crippen LogP contribution in [0.15, 0.2) is 28.8 Å². The van der Waals surface area contributed by atoms with Gasteiger partial charge in [-0.1, -0.05) is 17.3 Å². The quantitative estimate of drug-likeness (QED) is 0.817. The minimum Gasteiger partial charge on any atom is -0.491 e. The van der Waals surface area contributed by atoms with Crippen molar-refractivity contribution in [2.75, 3.05) is 13.2 Å². The molecule has 2 N–H and O–H groups in total. The third-order valence-electron chi connectivity index (χ3n) is 3.14. The number of benzene rings is 1. The molecule has 0 saturated carbocycles. The highest BCUT2D eigenvalue weighted by Gasteiger charge is 2.07. The fourth-order valence-electron chi connectivity index (χ4n) is 1.98. The van der Waals surface area contributed by atoms with Crippen LogP contribution in [-0.2, 0) is 6.54 Å². The van der Waals surface area contributed by atoms with Crippen LogP contribution in [-0.4, -0.2) is 29.5 Å². The molecule has 0 bridgehead atoms. The van der Waals surface area contributed by atoms with Crippen molar-refractivity contribution in [3.8, 4) is 5.75 Å². The molecule has 0 spiro atoms. The molecule has 1 aromatic carbocycles. The summed E-state index contributed by atoms with van der Waals surface area (Å²) < 4.78 is 10.6. The van der Waals surface area contributed by atoms with E-state index in [1.54, 1.807) is 0 Å². The second-order valence-corrected chi connectivity index (χ2v) is 5.29. The molecule has 1 unspecified atom stereocenters. The summed E-state index contributed by atoms with van der Waals surface area (Å²) >= 11 is 0. The van der Waals surface area contributed by atoms with E-state index in [4.69, 9.17) is 9.26 Å². The van der Waals surface area contributed by atoms with Crippen LogP contribution >= 0.6 is 0 Å². The van der Waals surface area contributed by atoms with Crippen LogP contribution in [0.3, 0.4) is 0 Å². The summed E-state index contributed by atoms with van der Waals surface area (Å²) in [6.07, 6.45) is -0.571. The lowest BCUT2D eigenvalue weighted by atomic mass is 10.1. The van der Waals surface area contributed by atoms with Gasteiger partial charge in [0.25, 0.3) is 0 Å². The molecule has 0 amide bonds. The molecule has 2 aromatic rings. The van der Waals surface area contributed by atoms with Crippen LogP contribution in [0.25, 0.3) is 0 Å². The maximum absolute atomic E-state index is 9.92. The lowest BCUT2D eigenvalue weighted by Crippen LogP contribution is -2.31. The zero-order valence-corrected chi connectivity index (χ0v) is 12.7. The lowest BCUT2D eigenvalue weighted by Gasteiger charge is -2.14. The predicted molar refractivity (Wildman–Crippen MR) is 80.4 cm³/mol. The Morgan fingerprint density at radius 1 is 1.29 bits per heavy atom. The second kappa shape index (κ2) is 7.24. The van der Waals surface area contributed by atoms with Crippen molar-refractivity contribution in [1.29, 1.82) is 0 Å².